The number of aryl methyl sites for hydroxylation is 1. The largest absolute Gasteiger partial charge is 0.300 e. The van der Waals surface area contributed by atoms with E-state index in [1.54, 1.807) is 6.20 Å². The highest BCUT2D eigenvalue weighted by atomic mass is 79.9. The molecule has 0 spiro atoms. The predicted octanol–water partition coefficient (Wildman–Crippen LogP) is 2.41. The minimum Gasteiger partial charge on any atom is -0.300 e. The molecule has 1 atom stereocenters. The van der Waals surface area contributed by atoms with Gasteiger partial charge in [0.25, 0.3) is 0 Å². The van der Waals surface area contributed by atoms with E-state index in [9.17, 15) is 4.79 Å². The summed E-state index contributed by atoms with van der Waals surface area (Å²) >= 11 is 3.48. The maximum Gasteiger partial charge on any atom is 0.133 e. The van der Waals surface area contributed by atoms with Gasteiger partial charge < -0.3 is 0 Å². The summed E-state index contributed by atoms with van der Waals surface area (Å²) in [7, 11) is 1.93. The Balaban J connectivity index is 2.25. The van der Waals surface area contributed by atoms with Crippen LogP contribution in [0.5, 0.6) is 0 Å². The van der Waals surface area contributed by atoms with E-state index in [1.165, 1.54) is 0 Å². The number of hydrogen-bond acceptors (Lipinski definition) is 2. The number of aromatic nitrogens is 2. The third kappa shape index (κ3) is 1.75. The van der Waals surface area contributed by atoms with Crippen LogP contribution in [-0.4, -0.2) is 15.6 Å². The first-order chi connectivity index (χ1) is 6.68. The summed E-state index contributed by atoms with van der Waals surface area (Å²) in [6.07, 6.45) is 5.35. The minimum atomic E-state index is 0.359. The Morgan fingerprint density at radius 2 is 2.43 bits per heavy atom. The van der Waals surface area contributed by atoms with Crippen molar-refractivity contribution in [3.63, 3.8) is 0 Å². The van der Waals surface area contributed by atoms with Crippen LogP contribution in [0.25, 0.3) is 0 Å². The van der Waals surface area contributed by atoms with Gasteiger partial charge in [0.05, 0.1) is 16.4 Å². The molecule has 4 heteroatoms. The quantitative estimate of drug-likeness (QED) is 0.774. The predicted molar refractivity (Wildman–Crippen MR) is 57.1 cm³/mol. The Morgan fingerprint density at radius 3 is 3.00 bits per heavy atom. The fraction of sp³-hybridized carbons (Fsp3) is 0.600. The van der Waals surface area contributed by atoms with Crippen molar-refractivity contribution < 1.29 is 4.79 Å². The monoisotopic (exact) mass is 256 g/mol. The van der Waals surface area contributed by atoms with Gasteiger partial charge in [-0.05, 0) is 28.8 Å². The third-order valence-corrected chi connectivity index (χ3v) is 3.42. The molecule has 1 unspecified atom stereocenters. The maximum absolute atomic E-state index is 11.3. The molecule has 0 radical (unpaired) electrons. The van der Waals surface area contributed by atoms with Crippen LogP contribution in [0.2, 0.25) is 0 Å². The van der Waals surface area contributed by atoms with E-state index in [0.717, 1.165) is 29.4 Å². The Bertz CT molecular complexity index is 340. The Labute approximate surface area is 91.6 Å². The van der Waals surface area contributed by atoms with E-state index in [-0.39, 0.29) is 0 Å². The number of halogens is 1. The second-order valence-electron chi connectivity index (χ2n) is 3.83. The fourth-order valence-corrected chi connectivity index (χ4v) is 2.81. The highest BCUT2D eigenvalue weighted by molar-refractivity contribution is 9.10. The molecule has 0 aromatic carbocycles. The van der Waals surface area contributed by atoms with Gasteiger partial charge in [-0.3, -0.25) is 9.48 Å². The van der Waals surface area contributed by atoms with Crippen LogP contribution in [-0.2, 0) is 11.8 Å². The summed E-state index contributed by atoms with van der Waals surface area (Å²) in [6, 6.07) is 0. The van der Waals surface area contributed by atoms with Crippen molar-refractivity contribution in [1.82, 2.24) is 9.78 Å². The maximum atomic E-state index is 11.3. The average molecular weight is 257 g/mol. The van der Waals surface area contributed by atoms with E-state index >= 15 is 0 Å². The molecule has 1 saturated carbocycles. The molecule has 1 aromatic heterocycles. The highest BCUT2D eigenvalue weighted by Gasteiger charge is 2.25. The summed E-state index contributed by atoms with van der Waals surface area (Å²) in [4.78, 5) is 11.3. The summed E-state index contributed by atoms with van der Waals surface area (Å²) in [5, 5.41) is 4.17. The molecule has 1 aliphatic carbocycles. The molecule has 14 heavy (non-hydrogen) atoms. The molecule has 2 rings (SSSR count). The van der Waals surface area contributed by atoms with Crippen LogP contribution in [0.15, 0.2) is 10.7 Å². The van der Waals surface area contributed by atoms with Crippen molar-refractivity contribution in [3.8, 4) is 0 Å². The normalized spacial score (nSPS) is 22.7. The number of rotatable bonds is 1. The van der Waals surface area contributed by atoms with Crippen LogP contribution >= 0.6 is 15.9 Å². The SMILES string of the molecule is Cn1ncc(Br)c1C1CCCC(=O)C1. The molecule has 1 aromatic rings. The molecule has 1 heterocycles. The van der Waals surface area contributed by atoms with Gasteiger partial charge in [-0.1, -0.05) is 0 Å². The molecule has 1 fully saturated rings. The lowest BCUT2D eigenvalue weighted by molar-refractivity contribution is -0.120. The van der Waals surface area contributed by atoms with Crippen LogP contribution < -0.4 is 0 Å². The fourth-order valence-electron chi connectivity index (χ4n) is 2.14. The molecule has 76 valence electrons. The van der Waals surface area contributed by atoms with E-state index in [4.69, 9.17) is 0 Å². The van der Waals surface area contributed by atoms with Gasteiger partial charge in [0.15, 0.2) is 0 Å². The van der Waals surface area contributed by atoms with Crippen LogP contribution in [0.3, 0.4) is 0 Å². The molecule has 0 saturated heterocycles. The molecular weight excluding hydrogens is 244 g/mol. The Morgan fingerprint density at radius 1 is 1.64 bits per heavy atom. The average Bonchev–Trinajstić information content (AvgIpc) is 2.46. The van der Waals surface area contributed by atoms with E-state index in [0.29, 0.717) is 18.1 Å². The van der Waals surface area contributed by atoms with Gasteiger partial charge in [-0.25, -0.2) is 0 Å². The molecule has 1 aliphatic rings. The molecule has 0 amide bonds. The highest BCUT2D eigenvalue weighted by Crippen LogP contribution is 2.34. The zero-order valence-corrected chi connectivity index (χ0v) is 9.75. The second kappa shape index (κ2) is 3.85. The van der Waals surface area contributed by atoms with Gasteiger partial charge in [-0.2, -0.15) is 5.10 Å². The number of carbonyl (C=O) groups is 1. The topological polar surface area (TPSA) is 34.9 Å². The van der Waals surface area contributed by atoms with Crippen molar-refractivity contribution >= 4 is 21.7 Å². The Kier molecular flexibility index (Phi) is 2.72. The lowest BCUT2D eigenvalue weighted by atomic mass is 9.86. The second-order valence-corrected chi connectivity index (χ2v) is 4.69. The van der Waals surface area contributed by atoms with Gasteiger partial charge in [0.1, 0.15) is 5.78 Å². The number of ketones is 1. The first kappa shape index (κ1) is 9.90. The van der Waals surface area contributed by atoms with E-state index in [1.807, 2.05) is 11.7 Å². The summed E-state index contributed by atoms with van der Waals surface area (Å²) in [5.41, 5.74) is 1.16. The molecule has 0 N–H and O–H groups in total. The molecule has 0 aliphatic heterocycles. The zero-order valence-electron chi connectivity index (χ0n) is 8.16. The first-order valence-electron chi connectivity index (χ1n) is 4.87. The summed E-state index contributed by atoms with van der Waals surface area (Å²) < 4.78 is 2.90. The lowest BCUT2D eigenvalue weighted by Gasteiger charge is -2.21. The van der Waals surface area contributed by atoms with E-state index < -0.39 is 0 Å². The molecule has 0 bridgehead atoms. The molecular formula is C10H13BrN2O. The third-order valence-electron chi connectivity index (χ3n) is 2.81. The minimum absolute atomic E-state index is 0.359. The summed E-state index contributed by atoms with van der Waals surface area (Å²) in [5.74, 6) is 0.743. The smallest absolute Gasteiger partial charge is 0.133 e. The van der Waals surface area contributed by atoms with Crippen molar-refractivity contribution in [1.29, 1.82) is 0 Å². The van der Waals surface area contributed by atoms with Gasteiger partial charge in [0.2, 0.25) is 0 Å². The van der Waals surface area contributed by atoms with Gasteiger partial charge in [-0.15, -0.1) is 0 Å². The Hall–Kier alpha value is -0.640. The van der Waals surface area contributed by atoms with Crippen molar-refractivity contribution in [2.45, 2.75) is 31.6 Å². The van der Waals surface area contributed by atoms with Gasteiger partial charge >= 0.3 is 0 Å². The van der Waals surface area contributed by atoms with Crippen LogP contribution in [0.4, 0.5) is 0 Å². The van der Waals surface area contributed by atoms with E-state index in [2.05, 4.69) is 21.0 Å². The zero-order chi connectivity index (χ0) is 10.1. The summed E-state index contributed by atoms with van der Waals surface area (Å²) in [6.45, 7) is 0. The number of hydrogen-bond donors (Lipinski definition) is 0. The first-order valence-corrected chi connectivity index (χ1v) is 5.67. The number of Topliss-reactive ketones (excluding diaryl/α,β-unsaturated/α-hetero) is 1. The van der Waals surface area contributed by atoms with Crippen LogP contribution in [0, 0.1) is 0 Å². The number of nitrogens with zero attached hydrogens (tertiary/aromatic N) is 2. The standard InChI is InChI=1S/C10H13BrN2O/c1-13-10(9(11)6-12-13)7-3-2-4-8(14)5-7/h6-7H,2-5H2,1H3. The van der Waals surface area contributed by atoms with Crippen molar-refractivity contribution in [2.24, 2.45) is 7.05 Å². The lowest BCUT2D eigenvalue weighted by Crippen LogP contribution is -2.16. The van der Waals surface area contributed by atoms with Crippen molar-refractivity contribution in [2.75, 3.05) is 0 Å². The van der Waals surface area contributed by atoms with Crippen molar-refractivity contribution in [3.05, 3.63) is 16.4 Å². The molecule has 3 nitrogen and oxygen atoms in total. The van der Waals surface area contributed by atoms with Crippen LogP contribution in [0.1, 0.15) is 37.3 Å². The van der Waals surface area contributed by atoms with Gasteiger partial charge in [0, 0.05) is 25.8 Å². The number of carbonyl (C=O) groups excluding carboxylic acids is 1.